The largest absolute Gasteiger partial charge is 6.00 e. The smallest absolute Gasteiger partial charge is 0.693 e. The van der Waals surface area contributed by atoms with E-state index in [2.05, 4.69) is 188 Å². The van der Waals surface area contributed by atoms with Gasteiger partial charge < -0.3 is 218 Å². The molecule has 3 heterocycles. The Balaban J connectivity index is -0.0000000361. The summed E-state index contributed by atoms with van der Waals surface area (Å²) in [5.41, 5.74) is 1.13. The fourth-order valence-electron chi connectivity index (χ4n) is 9.78. The van der Waals surface area contributed by atoms with Crippen LogP contribution in [0.4, 0.5) is 0 Å². The standard InChI is InChI=1S/3C16H36N4.12CN.2Fe.2H2N.5Ni/c3*1-13-11-15(3,4)19-10-8-18-14(2)12-16(5,6)20-9-7-17-13;12*1-2;;;;;;;;;/h3*13-14,17-20H,7-12H2,1-6H3;;;;;;;;;;;;;;;2*1H2;;;;;/q;;;12*-1;2*+6;2*-1;;;;;. The van der Waals surface area contributed by atoms with Gasteiger partial charge in [-0.1, -0.05) is 0 Å². The molecule has 0 aromatic rings. The van der Waals surface area contributed by atoms with E-state index in [1.807, 2.05) is 0 Å². The van der Waals surface area contributed by atoms with E-state index in [0.717, 1.165) is 117 Å². The summed E-state index contributed by atoms with van der Waals surface area (Å²) in [5, 5.41) is 119. The van der Waals surface area contributed by atoms with Crippen molar-refractivity contribution in [2.45, 2.75) is 233 Å². The third-order valence-electron chi connectivity index (χ3n) is 12.2. The van der Waals surface area contributed by atoms with Crippen LogP contribution in [0, 0.1) is 142 Å². The minimum absolute atomic E-state index is 0. The predicted molar refractivity (Wildman–Crippen MR) is 335 cm³/mol. The zero-order valence-corrected chi connectivity index (χ0v) is 65.1. The predicted octanol–water partition coefficient (Wildman–Crippen LogP) is 6.99. The first kappa shape index (κ1) is 150. The number of nitrogens with one attached hydrogen (secondary N) is 12. The maximum Gasteiger partial charge on any atom is 6.00 e. The minimum atomic E-state index is 0. The number of hydrogen-bond donors (Lipinski definition) is 12. The molecule has 16 N–H and O–H groups in total. The van der Waals surface area contributed by atoms with Crippen LogP contribution in [0.5, 0.6) is 0 Å². The van der Waals surface area contributed by atoms with Crippen molar-refractivity contribution in [2.75, 3.05) is 78.5 Å². The van der Waals surface area contributed by atoms with Crippen LogP contribution in [-0.2, 0) is 117 Å². The second-order valence-corrected chi connectivity index (χ2v) is 23.2. The molecule has 550 valence electrons. The van der Waals surface area contributed by atoms with Gasteiger partial charge in [-0.2, -0.15) is 0 Å². The van der Waals surface area contributed by atoms with Gasteiger partial charge in [-0.3, -0.25) is 0 Å². The Kier molecular flexibility index (Phi) is 169. The van der Waals surface area contributed by atoms with Gasteiger partial charge in [-0.15, -0.1) is 0 Å². The molecule has 3 fully saturated rings. The molecule has 93 heavy (non-hydrogen) atoms. The number of nitrogens with zero attached hydrogens (tertiary/aromatic N) is 12. The van der Waals surface area contributed by atoms with Crippen molar-refractivity contribution in [3.05, 3.63) is 91.2 Å². The SMILES string of the molecule is CC1CC(C)(C)NCCNC(C)CC(C)(C)NCCN1.CC1CC(C)(C)NCCNC(C)CC(C)(C)NCCN1.CC1CC(C)(C)NCCNC(C)CC(C)(C)NCCN1.[C-]#N.[C-]#N.[C-]#N.[C-]#N.[C-]#N.[C-]#N.[C-]#N.[C-]#N.[C-]#N.[C-]#N.[C-]#N.[C-]#N.[Fe+6].[Fe+6].[NH2-].[NH2-].[Ni].[Ni].[Ni].[Ni].[Ni]. The van der Waals surface area contributed by atoms with Crippen LogP contribution >= 0.6 is 0 Å². The van der Waals surface area contributed by atoms with Gasteiger partial charge in [-0.05, 0) is 163 Å². The molecule has 3 aliphatic rings. The first-order valence-electron chi connectivity index (χ1n) is 27.2. The van der Waals surface area contributed by atoms with E-state index in [4.69, 9.17) is 142 Å². The maximum atomic E-state index is 6.25. The van der Waals surface area contributed by atoms with Crippen LogP contribution in [0.3, 0.4) is 0 Å². The Labute approximate surface area is 640 Å². The fraction of sp³-hybridized carbons (Fsp3) is 0.800. The van der Waals surface area contributed by atoms with E-state index in [1.54, 1.807) is 0 Å². The molecule has 6 unspecified atom stereocenters. The van der Waals surface area contributed by atoms with Gasteiger partial charge in [-0.25, -0.2) is 0 Å². The molecule has 0 aromatic heterocycles. The van der Waals surface area contributed by atoms with Crippen molar-refractivity contribution < 1.29 is 117 Å². The Morgan fingerprint density at radius 1 is 0.204 bits per heavy atom. The Morgan fingerprint density at radius 2 is 0.280 bits per heavy atom. The quantitative estimate of drug-likeness (QED) is 0.0858. The third kappa shape index (κ3) is 120. The normalized spacial score (nSPS) is 21.7. The number of rotatable bonds is 0. The van der Waals surface area contributed by atoms with Gasteiger partial charge in [0.25, 0.3) is 0 Å². The summed E-state index contributed by atoms with van der Waals surface area (Å²) in [6, 6.07) is 3.23. The van der Waals surface area contributed by atoms with E-state index in [-0.39, 0.29) is 162 Å². The van der Waals surface area contributed by atoms with Crippen LogP contribution in [0.1, 0.15) is 163 Å². The number of hydrogen-bond acceptors (Lipinski definition) is 24. The summed E-state index contributed by atoms with van der Waals surface area (Å²) < 4.78 is 0. The van der Waals surface area contributed by atoms with Crippen molar-refractivity contribution in [3.8, 4) is 0 Å². The first-order valence-corrected chi connectivity index (χ1v) is 27.2. The van der Waals surface area contributed by atoms with Crippen LogP contribution in [-0.4, -0.2) is 148 Å². The Bertz CT molecular complexity index is 1350. The van der Waals surface area contributed by atoms with Crippen LogP contribution in [0.15, 0.2) is 0 Å². The van der Waals surface area contributed by atoms with Crippen LogP contribution in [0.2, 0.25) is 0 Å². The molecule has 0 spiro atoms. The van der Waals surface area contributed by atoms with Crippen LogP contribution in [0.25, 0.3) is 12.3 Å². The molecule has 6 atom stereocenters. The van der Waals surface area contributed by atoms with Crippen molar-refractivity contribution in [3.63, 3.8) is 0 Å². The summed E-state index contributed by atoms with van der Waals surface area (Å²) in [6.45, 7) is 111. The van der Waals surface area contributed by atoms with E-state index in [0.29, 0.717) is 36.3 Å². The molecule has 0 bridgehead atoms. The topological polar surface area (TPSA) is 497 Å². The minimum Gasteiger partial charge on any atom is -0.693 e. The van der Waals surface area contributed by atoms with Crippen LogP contribution < -0.4 is 63.8 Å². The van der Waals surface area contributed by atoms with E-state index < -0.39 is 0 Å². The van der Waals surface area contributed by atoms with E-state index >= 15 is 0 Å². The monoisotopic (exact) mass is 1600 g/mol. The summed E-state index contributed by atoms with van der Waals surface area (Å²) in [6.07, 6.45) is 6.87. The average Bonchev–Trinajstić information content (AvgIpc) is 3.47. The molecule has 0 aliphatic carbocycles. The maximum absolute atomic E-state index is 6.25. The molecule has 33 heteroatoms. The summed E-state index contributed by atoms with van der Waals surface area (Å²) in [5.74, 6) is 0. The molecular formula is C60H112Fe2N26Ni5-2. The summed E-state index contributed by atoms with van der Waals surface area (Å²) in [7, 11) is 0. The molecule has 3 aliphatic heterocycles. The Hall–Kier alpha value is -3.17. The molecule has 26 nitrogen and oxygen atoms in total. The molecule has 3 saturated heterocycles. The van der Waals surface area contributed by atoms with Gasteiger partial charge in [0.2, 0.25) is 0 Å². The molecular weight excluding hydrogens is 1490 g/mol. The molecule has 3 rings (SSSR count). The third-order valence-corrected chi connectivity index (χ3v) is 12.2. The fourth-order valence-corrected chi connectivity index (χ4v) is 9.78. The Morgan fingerprint density at radius 3 is 0.355 bits per heavy atom. The summed E-state index contributed by atoms with van der Waals surface area (Å²) in [4.78, 5) is 0. The second-order valence-electron chi connectivity index (χ2n) is 23.2. The van der Waals surface area contributed by atoms with E-state index in [9.17, 15) is 0 Å². The van der Waals surface area contributed by atoms with Crippen molar-refractivity contribution in [2.24, 2.45) is 0 Å². The van der Waals surface area contributed by atoms with Gasteiger partial charge in [0.1, 0.15) is 0 Å². The zero-order chi connectivity index (χ0) is 69.7. The molecule has 0 amide bonds. The van der Waals surface area contributed by atoms with E-state index in [1.165, 1.54) is 0 Å². The van der Waals surface area contributed by atoms with Gasteiger partial charge in [0.05, 0.1) is 0 Å². The average molecular weight is 1600 g/mol. The molecule has 0 saturated carbocycles. The zero-order valence-electron chi connectivity index (χ0n) is 58.0. The van der Waals surface area contributed by atoms with Crippen molar-refractivity contribution in [1.29, 1.82) is 63.1 Å². The van der Waals surface area contributed by atoms with Crippen molar-refractivity contribution in [1.82, 2.24) is 63.8 Å². The second kappa shape index (κ2) is 105. The summed E-state index contributed by atoms with van der Waals surface area (Å²) >= 11 is 0. The number of nitrogens with two attached hydrogens (primary N) is 2. The molecule has 0 aromatic carbocycles. The van der Waals surface area contributed by atoms with Gasteiger partial charge in [0, 0.05) is 230 Å². The first-order chi connectivity index (χ1) is 39.6. The van der Waals surface area contributed by atoms with Crippen molar-refractivity contribution >= 4 is 0 Å². The molecule has 0 radical (unpaired) electrons. The van der Waals surface area contributed by atoms with Gasteiger partial charge >= 0.3 is 34.1 Å². The van der Waals surface area contributed by atoms with Gasteiger partial charge in [0.15, 0.2) is 0 Å².